The number of non-ortho nitro benzene ring substituents is 1. The zero-order valence-corrected chi connectivity index (χ0v) is 13.0. The van der Waals surface area contributed by atoms with Crippen LogP contribution in [0, 0.1) is 15.5 Å². The van der Waals surface area contributed by atoms with Crippen LogP contribution in [0.5, 0.6) is 0 Å². The van der Waals surface area contributed by atoms with E-state index >= 15 is 0 Å². The molecule has 0 amide bonds. The molecule has 1 unspecified atom stereocenters. The summed E-state index contributed by atoms with van der Waals surface area (Å²) in [5.74, 6) is 0. The van der Waals surface area contributed by atoms with Crippen molar-refractivity contribution in [2.45, 2.75) is 20.8 Å². The van der Waals surface area contributed by atoms with Crippen LogP contribution >= 0.6 is 28.4 Å². The molecule has 0 saturated heterocycles. The molecule has 0 spiro atoms. The van der Waals surface area contributed by atoms with E-state index in [1.807, 2.05) is 13.8 Å². The molecule has 0 aromatic heterocycles. The van der Waals surface area contributed by atoms with Gasteiger partial charge in [0.15, 0.2) is 0 Å². The van der Waals surface area contributed by atoms with Gasteiger partial charge in [0.1, 0.15) is 0 Å². The number of rotatable bonds is 4. The molecule has 5 nitrogen and oxygen atoms in total. The molecule has 2 N–H and O–H groups in total. The van der Waals surface area contributed by atoms with Crippen molar-refractivity contribution in [2.75, 3.05) is 5.09 Å². The Kier molecular flexibility index (Phi) is 7.99. The van der Waals surface area contributed by atoms with Crippen LogP contribution in [0.1, 0.15) is 26.3 Å². The van der Waals surface area contributed by atoms with Gasteiger partial charge in [-0.15, -0.1) is 0 Å². The van der Waals surface area contributed by atoms with Gasteiger partial charge in [-0.25, -0.2) is 0 Å². The summed E-state index contributed by atoms with van der Waals surface area (Å²) in [6, 6.07) is 4.49. The summed E-state index contributed by atoms with van der Waals surface area (Å²) in [6.07, 6.45) is 0.469. The molecule has 0 aliphatic rings. The van der Waals surface area contributed by atoms with Crippen molar-refractivity contribution in [2.24, 2.45) is 0 Å². The molecule has 0 aliphatic heterocycles. The van der Waals surface area contributed by atoms with E-state index in [4.69, 9.17) is 5.41 Å². The summed E-state index contributed by atoms with van der Waals surface area (Å²) in [7, 11) is 0. The van der Waals surface area contributed by atoms with Crippen LogP contribution in [0.15, 0.2) is 18.2 Å². The van der Waals surface area contributed by atoms with Crippen LogP contribution < -0.4 is 5.09 Å². The highest BCUT2D eigenvalue weighted by Crippen LogP contribution is 2.29. The molecule has 0 aliphatic carbocycles. The van der Waals surface area contributed by atoms with Gasteiger partial charge in [-0.2, -0.15) is 0 Å². The second-order valence-electron chi connectivity index (χ2n) is 2.83. The Hall–Kier alpha value is -0.750. The average Bonchev–Trinajstić information content (AvgIpc) is 2.32. The quantitative estimate of drug-likeness (QED) is 0.273. The van der Waals surface area contributed by atoms with Crippen LogP contribution in [0.4, 0.5) is 11.4 Å². The number of halogens is 1. The van der Waals surface area contributed by atoms with E-state index in [1.165, 1.54) is 12.1 Å². The predicted molar refractivity (Wildman–Crippen MR) is 82.9 cm³/mol. The second kappa shape index (κ2) is 8.36. The standard InChI is InChI=1S/C8H9IN3O2P.C2H6/c1-5(10)7-4-6(12(13)14)2-3-8(7)11-15-9;1-2/h2-4,10-11,15H,1H3;1-2H3. The van der Waals surface area contributed by atoms with Gasteiger partial charge in [0, 0.05) is 35.5 Å². The maximum absolute atomic E-state index is 10.6. The molecular formula is C10H15IN3O2P. The van der Waals surface area contributed by atoms with E-state index in [1.54, 1.807) is 13.0 Å². The molecule has 1 atom stereocenters. The normalized spacial score (nSPS) is 9.65. The fourth-order valence-electron chi connectivity index (χ4n) is 1.12. The summed E-state index contributed by atoms with van der Waals surface area (Å²) in [5, 5.41) is 21.2. The third kappa shape index (κ3) is 4.95. The van der Waals surface area contributed by atoms with Crippen molar-refractivity contribution in [3.63, 3.8) is 0 Å². The molecule has 0 bridgehead atoms. The lowest BCUT2D eigenvalue weighted by molar-refractivity contribution is -0.384. The molecule has 1 aromatic rings. The Bertz CT molecular complexity index is 413. The van der Waals surface area contributed by atoms with E-state index in [0.29, 0.717) is 17.6 Å². The highest BCUT2D eigenvalue weighted by molar-refractivity contribution is 14.2. The van der Waals surface area contributed by atoms with Gasteiger partial charge in [-0.05, 0) is 35.0 Å². The Morgan fingerprint density at radius 1 is 1.53 bits per heavy atom. The van der Waals surface area contributed by atoms with Crippen LogP contribution in [0.3, 0.4) is 0 Å². The Morgan fingerprint density at radius 3 is 2.53 bits per heavy atom. The first kappa shape index (κ1) is 16.2. The Labute approximate surface area is 115 Å². The molecule has 7 heteroatoms. The van der Waals surface area contributed by atoms with E-state index in [0.717, 1.165) is 5.69 Å². The topological polar surface area (TPSA) is 79.0 Å². The minimum Gasteiger partial charge on any atom is -0.358 e. The monoisotopic (exact) mass is 367 g/mol. The van der Waals surface area contributed by atoms with Crippen LogP contribution in [0.2, 0.25) is 0 Å². The van der Waals surface area contributed by atoms with E-state index in [2.05, 4.69) is 27.1 Å². The molecular weight excluding hydrogens is 352 g/mol. The lowest BCUT2D eigenvalue weighted by Crippen LogP contribution is -1.99. The molecule has 1 rings (SSSR count). The molecule has 0 radical (unpaired) electrons. The van der Waals surface area contributed by atoms with E-state index < -0.39 is 4.92 Å². The fourth-order valence-corrected chi connectivity index (χ4v) is 2.31. The maximum Gasteiger partial charge on any atom is 0.270 e. The number of benzene rings is 1. The van der Waals surface area contributed by atoms with Crippen molar-refractivity contribution in [1.29, 1.82) is 5.41 Å². The SMILES string of the molecule is CC.CC(=N)c1cc([N+](=O)[O-])ccc1NPI. The van der Waals surface area contributed by atoms with Crippen molar-refractivity contribution in [3.05, 3.63) is 33.9 Å². The minimum absolute atomic E-state index is 0.0129. The van der Waals surface area contributed by atoms with Gasteiger partial charge < -0.3 is 10.5 Å². The van der Waals surface area contributed by atoms with Crippen molar-refractivity contribution in [3.8, 4) is 0 Å². The largest absolute Gasteiger partial charge is 0.358 e. The summed E-state index contributed by atoms with van der Waals surface area (Å²) >= 11 is 2.17. The first-order valence-corrected chi connectivity index (χ1v) is 9.13. The number of anilines is 1. The van der Waals surface area contributed by atoms with Crippen LogP contribution in [0.25, 0.3) is 0 Å². The number of nitro benzene ring substituents is 1. The summed E-state index contributed by atoms with van der Waals surface area (Å²) in [4.78, 5) is 10.1. The molecule has 17 heavy (non-hydrogen) atoms. The zero-order valence-electron chi connectivity index (χ0n) is 9.87. The first-order chi connectivity index (χ1) is 8.06. The number of nitrogens with zero attached hydrogens (tertiary/aromatic N) is 1. The highest BCUT2D eigenvalue weighted by Gasteiger charge is 2.11. The van der Waals surface area contributed by atoms with Gasteiger partial charge in [-0.1, -0.05) is 13.8 Å². The lowest BCUT2D eigenvalue weighted by Gasteiger charge is -2.08. The van der Waals surface area contributed by atoms with Gasteiger partial charge in [0.25, 0.3) is 5.69 Å². The Morgan fingerprint density at radius 2 is 2.12 bits per heavy atom. The zero-order chi connectivity index (χ0) is 13.4. The number of nitro groups is 1. The molecule has 94 valence electrons. The van der Waals surface area contributed by atoms with Gasteiger partial charge >= 0.3 is 0 Å². The smallest absolute Gasteiger partial charge is 0.270 e. The third-order valence-corrected chi connectivity index (χ3v) is 2.97. The summed E-state index contributed by atoms with van der Waals surface area (Å²) < 4.78 is 0. The minimum atomic E-state index is -0.456. The molecule has 0 saturated carbocycles. The average molecular weight is 367 g/mol. The maximum atomic E-state index is 10.6. The molecule has 0 heterocycles. The number of hydrogen-bond donors (Lipinski definition) is 2. The van der Waals surface area contributed by atoms with Crippen molar-refractivity contribution >= 4 is 45.5 Å². The van der Waals surface area contributed by atoms with Gasteiger partial charge in [0.05, 0.1) is 4.92 Å². The first-order valence-electron chi connectivity index (χ1n) is 5.02. The number of hydrogen-bond acceptors (Lipinski definition) is 4. The molecule has 0 fully saturated rings. The Balaban J connectivity index is 0.00000121. The summed E-state index contributed by atoms with van der Waals surface area (Å²) in [5.41, 5.74) is 1.67. The van der Waals surface area contributed by atoms with Crippen molar-refractivity contribution < 1.29 is 4.92 Å². The fraction of sp³-hybridized carbons (Fsp3) is 0.300. The third-order valence-electron chi connectivity index (χ3n) is 1.80. The van der Waals surface area contributed by atoms with Crippen molar-refractivity contribution in [1.82, 2.24) is 0 Å². The predicted octanol–water partition coefficient (Wildman–Crippen LogP) is 4.36. The molecule has 1 aromatic carbocycles. The lowest BCUT2D eigenvalue weighted by atomic mass is 10.1. The number of nitrogens with one attached hydrogen (secondary N) is 2. The van der Waals surface area contributed by atoms with E-state index in [-0.39, 0.29) is 5.69 Å². The van der Waals surface area contributed by atoms with Crippen LogP contribution in [-0.4, -0.2) is 10.6 Å². The summed E-state index contributed by atoms with van der Waals surface area (Å²) in [6.45, 7) is 5.61. The van der Waals surface area contributed by atoms with Gasteiger partial charge in [-0.3, -0.25) is 10.1 Å². The van der Waals surface area contributed by atoms with E-state index in [9.17, 15) is 10.1 Å². The highest BCUT2D eigenvalue weighted by atomic mass is 127. The second-order valence-corrected chi connectivity index (χ2v) is 4.89. The van der Waals surface area contributed by atoms with Crippen LogP contribution in [-0.2, 0) is 0 Å². The van der Waals surface area contributed by atoms with Gasteiger partial charge in [0.2, 0.25) is 0 Å².